The van der Waals surface area contributed by atoms with E-state index in [0.717, 1.165) is 32.0 Å². The van der Waals surface area contributed by atoms with Crippen molar-refractivity contribution in [1.29, 1.82) is 0 Å². The van der Waals surface area contributed by atoms with Crippen molar-refractivity contribution in [2.24, 2.45) is 17.1 Å². The van der Waals surface area contributed by atoms with Gasteiger partial charge in [0.15, 0.2) is 0 Å². The third-order valence-electron chi connectivity index (χ3n) is 4.87. The molecular formula is C18H29FN2. The average Bonchev–Trinajstić information content (AvgIpc) is 2.45. The van der Waals surface area contributed by atoms with E-state index in [1.807, 2.05) is 6.07 Å². The predicted octanol–water partition coefficient (Wildman–Crippen LogP) is 3.97. The minimum absolute atomic E-state index is 0.184. The zero-order valence-electron chi connectivity index (χ0n) is 13.6. The smallest absolute Gasteiger partial charge is 0.127 e. The van der Waals surface area contributed by atoms with Gasteiger partial charge in [-0.15, -0.1) is 0 Å². The first kappa shape index (κ1) is 16.4. The Hall–Kier alpha value is -0.930. The second-order valence-corrected chi connectivity index (χ2v) is 7.40. The summed E-state index contributed by atoms with van der Waals surface area (Å²) in [5.41, 5.74) is 7.20. The van der Waals surface area contributed by atoms with Crippen LogP contribution in [-0.2, 0) is 0 Å². The summed E-state index contributed by atoms with van der Waals surface area (Å²) < 4.78 is 13.7. The number of likely N-dealkylation sites (tertiary alicyclic amines) is 1. The van der Waals surface area contributed by atoms with Gasteiger partial charge in [0.25, 0.3) is 0 Å². The zero-order chi connectivity index (χ0) is 15.5. The van der Waals surface area contributed by atoms with Gasteiger partial charge in [-0.05, 0) is 56.3 Å². The quantitative estimate of drug-likeness (QED) is 0.909. The standard InChI is InChI=1S/C18H29FN2/c1-18(2,3)14-8-11-21(12-9-14)13-10-17(20)15-6-4-5-7-16(15)19/h4-7,14,17H,8-13,20H2,1-3H3. The van der Waals surface area contributed by atoms with Crippen LogP contribution in [0.5, 0.6) is 0 Å². The summed E-state index contributed by atoms with van der Waals surface area (Å²) >= 11 is 0. The molecule has 1 fully saturated rings. The third-order valence-corrected chi connectivity index (χ3v) is 4.87. The van der Waals surface area contributed by atoms with Gasteiger partial charge in [0.2, 0.25) is 0 Å². The zero-order valence-corrected chi connectivity index (χ0v) is 13.6. The largest absolute Gasteiger partial charge is 0.324 e. The lowest BCUT2D eigenvalue weighted by atomic mass is 9.75. The summed E-state index contributed by atoms with van der Waals surface area (Å²) in [6, 6.07) is 6.65. The highest BCUT2D eigenvalue weighted by Gasteiger charge is 2.28. The summed E-state index contributed by atoms with van der Waals surface area (Å²) in [5, 5.41) is 0. The molecule has 0 aliphatic carbocycles. The molecule has 1 aromatic rings. The SMILES string of the molecule is CC(C)(C)C1CCN(CCC(N)c2ccccc2F)CC1. The maximum absolute atomic E-state index is 13.7. The molecule has 1 unspecified atom stereocenters. The van der Waals surface area contributed by atoms with Crippen molar-refractivity contribution in [3.05, 3.63) is 35.6 Å². The maximum atomic E-state index is 13.7. The number of halogens is 1. The lowest BCUT2D eigenvalue weighted by Crippen LogP contribution is -2.39. The molecule has 2 rings (SSSR count). The van der Waals surface area contributed by atoms with Gasteiger partial charge in [-0.3, -0.25) is 0 Å². The van der Waals surface area contributed by atoms with E-state index in [2.05, 4.69) is 25.7 Å². The van der Waals surface area contributed by atoms with Crippen LogP contribution in [0.25, 0.3) is 0 Å². The molecule has 0 saturated carbocycles. The van der Waals surface area contributed by atoms with Gasteiger partial charge in [-0.2, -0.15) is 0 Å². The molecule has 3 heteroatoms. The number of rotatable bonds is 4. The lowest BCUT2D eigenvalue weighted by Gasteiger charge is -2.39. The second-order valence-electron chi connectivity index (χ2n) is 7.40. The predicted molar refractivity (Wildman–Crippen MR) is 86.6 cm³/mol. The van der Waals surface area contributed by atoms with Crippen LogP contribution >= 0.6 is 0 Å². The van der Waals surface area contributed by atoms with Crippen molar-refractivity contribution < 1.29 is 4.39 Å². The van der Waals surface area contributed by atoms with Crippen molar-refractivity contribution in [1.82, 2.24) is 4.90 Å². The Morgan fingerprint density at radius 1 is 1.24 bits per heavy atom. The maximum Gasteiger partial charge on any atom is 0.127 e. The normalized spacial score (nSPS) is 19.7. The van der Waals surface area contributed by atoms with Gasteiger partial charge in [0.1, 0.15) is 5.82 Å². The number of piperidine rings is 1. The number of hydrogen-bond acceptors (Lipinski definition) is 2. The number of hydrogen-bond donors (Lipinski definition) is 1. The lowest BCUT2D eigenvalue weighted by molar-refractivity contribution is 0.110. The minimum Gasteiger partial charge on any atom is -0.324 e. The summed E-state index contributed by atoms with van der Waals surface area (Å²) in [4.78, 5) is 2.48. The van der Waals surface area contributed by atoms with Gasteiger partial charge in [0.05, 0.1) is 0 Å². The fourth-order valence-corrected chi connectivity index (χ4v) is 3.28. The first-order valence-electron chi connectivity index (χ1n) is 8.10. The van der Waals surface area contributed by atoms with Crippen molar-refractivity contribution >= 4 is 0 Å². The molecule has 1 aromatic carbocycles. The Balaban J connectivity index is 1.79. The molecular weight excluding hydrogens is 263 g/mol. The van der Waals surface area contributed by atoms with Crippen LogP contribution in [0.15, 0.2) is 24.3 Å². The highest BCUT2D eigenvalue weighted by molar-refractivity contribution is 5.20. The molecule has 0 radical (unpaired) electrons. The van der Waals surface area contributed by atoms with E-state index < -0.39 is 0 Å². The monoisotopic (exact) mass is 292 g/mol. The van der Waals surface area contributed by atoms with Crippen LogP contribution in [0.4, 0.5) is 4.39 Å². The summed E-state index contributed by atoms with van der Waals surface area (Å²) in [6.45, 7) is 10.3. The molecule has 1 aliphatic rings. The van der Waals surface area contributed by atoms with Gasteiger partial charge >= 0.3 is 0 Å². The second kappa shape index (κ2) is 6.89. The van der Waals surface area contributed by atoms with Gasteiger partial charge in [-0.1, -0.05) is 39.0 Å². The fourth-order valence-electron chi connectivity index (χ4n) is 3.28. The molecule has 0 amide bonds. The molecule has 2 nitrogen and oxygen atoms in total. The van der Waals surface area contributed by atoms with Crippen molar-refractivity contribution in [2.75, 3.05) is 19.6 Å². The molecule has 21 heavy (non-hydrogen) atoms. The van der Waals surface area contributed by atoms with E-state index >= 15 is 0 Å². The average molecular weight is 292 g/mol. The minimum atomic E-state index is -0.202. The third kappa shape index (κ3) is 4.52. The first-order chi connectivity index (χ1) is 9.88. The Bertz CT molecular complexity index is 445. The van der Waals surface area contributed by atoms with Gasteiger partial charge in [-0.25, -0.2) is 4.39 Å². The van der Waals surface area contributed by atoms with Gasteiger partial charge < -0.3 is 10.6 Å². The molecule has 1 heterocycles. The van der Waals surface area contributed by atoms with Gasteiger partial charge in [0, 0.05) is 11.6 Å². The van der Waals surface area contributed by atoms with E-state index in [4.69, 9.17) is 5.73 Å². The Morgan fingerprint density at radius 2 is 1.86 bits per heavy atom. The molecule has 1 saturated heterocycles. The van der Waals surface area contributed by atoms with Crippen molar-refractivity contribution in [3.63, 3.8) is 0 Å². The highest BCUT2D eigenvalue weighted by Crippen LogP contribution is 2.34. The summed E-state index contributed by atoms with van der Waals surface area (Å²) in [5.74, 6) is 0.630. The van der Waals surface area contributed by atoms with Crippen LogP contribution in [0.3, 0.4) is 0 Å². The van der Waals surface area contributed by atoms with Crippen LogP contribution < -0.4 is 5.73 Å². The fraction of sp³-hybridized carbons (Fsp3) is 0.667. The molecule has 0 bridgehead atoms. The van der Waals surface area contributed by atoms with Crippen LogP contribution in [-0.4, -0.2) is 24.5 Å². The first-order valence-corrected chi connectivity index (χ1v) is 8.10. The van der Waals surface area contributed by atoms with E-state index in [9.17, 15) is 4.39 Å². The van der Waals surface area contributed by atoms with Crippen molar-refractivity contribution in [2.45, 2.75) is 46.1 Å². The number of nitrogens with zero attached hydrogens (tertiary/aromatic N) is 1. The van der Waals surface area contributed by atoms with E-state index in [0.29, 0.717) is 11.0 Å². The number of benzene rings is 1. The Labute approximate surface area is 128 Å². The van der Waals surface area contributed by atoms with Crippen LogP contribution in [0, 0.1) is 17.2 Å². The molecule has 2 N–H and O–H groups in total. The molecule has 0 spiro atoms. The molecule has 1 atom stereocenters. The topological polar surface area (TPSA) is 29.3 Å². The summed E-state index contributed by atoms with van der Waals surface area (Å²) in [7, 11) is 0. The molecule has 0 aromatic heterocycles. The molecule has 1 aliphatic heterocycles. The van der Waals surface area contributed by atoms with E-state index in [1.165, 1.54) is 18.9 Å². The Morgan fingerprint density at radius 3 is 2.43 bits per heavy atom. The Kier molecular flexibility index (Phi) is 5.39. The van der Waals surface area contributed by atoms with E-state index in [1.54, 1.807) is 12.1 Å². The number of nitrogens with two attached hydrogens (primary N) is 1. The van der Waals surface area contributed by atoms with Crippen LogP contribution in [0.1, 0.15) is 51.6 Å². The van der Waals surface area contributed by atoms with E-state index in [-0.39, 0.29) is 11.9 Å². The molecule has 118 valence electrons. The highest BCUT2D eigenvalue weighted by atomic mass is 19.1. The van der Waals surface area contributed by atoms with Crippen molar-refractivity contribution in [3.8, 4) is 0 Å². The van der Waals surface area contributed by atoms with Crippen LogP contribution in [0.2, 0.25) is 0 Å². The summed E-state index contributed by atoms with van der Waals surface area (Å²) in [6.07, 6.45) is 3.35.